The first kappa shape index (κ1) is 26.3. The molecule has 1 aliphatic heterocycles. The number of nitrogens with one attached hydrogen (secondary N) is 1. The van der Waals surface area contributed by atoms with Crippen molar-refractivity contribution in [1.29, 1.82) is 0 Å². The van der Waals surface area contributed by atoms with Crippen LogP contribution in [0.15, 0.2) is 47.6 Å². The number of benzene rings is 2. The van der Waals surface area contributed by atoms with E-state index in [9.17, 15) is 21.6 Å². The molecule has 0 bridgehead atoms. The summed E-state index contributed by atoms with van der Waals surface area (Å²) in [5.74, 6) is 2.16. The molecule has 0 aliphatic carbocycles. The summed E-state index contributed by atoms with van der Waals surface area (Å²) in [4.78, 5) is 0. The quantitative estimate of drug-likeness (QED) is 0.233. The van der Waals surface area contributed by atoms with Gasteiger partial charge in [-0.25, -0.2) is 0 Å². The standard InChI is InChI=1S/C24H27F3N4O3S2/c1-31-22(17-7-9-19(10-8-17)24(25,26)27)29-30-23(31)35-13-3-4-16-5-6-18-14-20(34-36(2,32)33)11-12-21(18)28-15-16/h7-12,14,16,28H,3-6,13,15H2,1-2H3. The van der Waals surface area contributed by atoms with Crippen molar-refractivity contribution in [2.24, 2.45) is 13.0 Å². The number of aryl methyl sites for hydroxylation is 1. The predicted octanol–water partition coefficient (Wildman–Crippen LogP) is 5.39. The van der Waals surface area contributed by atoms with E-state index in [0.717, 1.165) is 72.8 Å². The number of halogens is 3. The summed E-state index contributed by atoms with van der Waals surface area (Å²) in [7, 11) is -1.75. The third-order valence-corrected chi connectivity index (χ3v) is 7.62. The minimum Gasteiger partial charge on any atom is -0.385 e. The second-order valence-corrected chi connectivity index (χ2v) is 11.5. The Bertz CT molecular complexity index is 1310. The van der Waals surface area contributed by atoms with Gasteiger partial charge in [0.2, 0.25) is 0 Å². The van der Waals surface area contributed by atoms with Gasteiger partial charge in [-0.15, -0.1) is 10.2 Å². The van der Waals surface area contributed by atoms with Gasteiger partial charge in [0.25, 0.3) is 0 Å². The van der Waals surface area contributed by atoms with Gasteiger partial charge in [0.15, 0.2) is 11.0 Å². The fourth-order valence-electron chi connectivity index (χ4n) is 4.17. The third-order valence-electron chi connectivity index (χ3n) is 6.02. The largest absolute Gasteiger partial charge is 0.416 e. The number of hydrogen-bond acceptors (Lipinski definition) is 7. The molecule has 2 aromatic carbocycles. The Balaban J connectivity index is 1.27. The summed E-state index contributed by atoms with van der Waals surface area (Å²) < 4.78 is 68.0. The summed E-state index contributed by atoms with van der Waals surface area (Å²) in [6.07, 6.45) is 0.463. The molecule has 7 nitrogen and oxygen atoms in total. The van der Waals surface area contributed by atoms with Crippen LogP contribution in [0.4, 0.5) is 18.9 Å². The molecule has 194 valence electrons. The maximum atomic E-state index is 12.8. The molecule has 1 atom stereocenters. The summed E-state index contributed by atoms with van der Waals surface area (Å²) in [5, 5.41) is 12.6. The molecule has 1 unspecified atom stereocenters. The second kappa shape index (κ2) is 10.7. The van der Waals surface area contributed by atoms with Crippen molar-refractivity contribution in [1.82, 2.24) is 14.8 Å². The van der Waals surface area contributed by atoms with Gasteiger partial charge in [0, 0.05) is 30.6 Å². The van der Waals surface area contributed by atoms with Crippen LogP contribution in [0.25, 0.3) is 11.4 Å². The predicted molar refractivity (Wildman–Crippen MR) is 134 cm³/mol. The average molecular weight is 541 g/mol. The van der Waals surface area contributed by atoms with E-state index in [1.54, 1.807) is 28.5 Å². The minimum atomic E-state index is -4.37. The Morgan fingerprint density at radius 3 is 2.61 bits per heavy atom. The maximum absolute atomic E-state index is 12.8. The Kier molecular flexibility index (Phi) is 7.84. The fraction of sp³-hybridized carbons (Fsp3) is 0.417. The number of fused-ring (bicyclic) bond motifs is 1. The molecular weight excluding hydrogens is 513 g/mol. The number of thioether (sulfide) groups is 1. The second-order valence-electron chi connectivity index (χ2n) is 8.82. The zero-order valence-electron chi connectivity index (χ0n) is 19.9. The normalized spacial score (nSPS) is 16.2. The Morgan fingerprint density at radius 1 is 1.17 bits per heavy atom. The molecule has 3 aromatic rings. The van der Waals surface area contributed by atoms with Crippen LogP contribution < -0.4 is 9.50 Å². The lowest BCUT2D eigenvalue weighted by molar-refractivity contribution is -0.137. The van der Waals surface area contributed by atoms with Crippen LogP contribution in [-0.4, -0.2) is 41.7 Å². The number of nitrogens with zero attached hydrogens (tertiary/aromatic N) is 3. The summed E-state index contributed by atoms with van der Waals surface area (Å²) in [5.41, 5.74) is 1.94. The number of anilines is 1. The van der Waals surface area contributed by atoms with Gasteiger partial charge in [-0.1, -0.05) is 23.9 Å². The van der Waals surface area contributed by atoms with Gasteiger partial charge < -0.3 is 14.1 Å². The topological polar surface area (TPSA) is 86.1 Å². The number of alkyl halides is 3. The molecule has 36 heavy (non-hydrogen) atoms. The van der Waals surface area contributed by atoms with Gasteiger partial charge in [-0.2, -0.15) is 21.6 Å². The van der Waals surface area contributed by atoms with Gasteiger partial charge >= 0.3 is 16.3 Å². The van der Waals surface area contributed by atoms with Crippen LogP contribution in [0, 0.1) is 5.92 Å². The number of hydrogen-bond donors (Lipinski definition) is 1. The molecule has 0 radical (unpaired) electrons. The SMILES string of the molecule is Cn1c(SCCCC2CCc3cc(OS(C)(=O)=O)ccc3NC2)nnc1-c1ccc(C(F)(F)F)cc1. The van der Waals surface area contributed by atoms with E-state index < -0.39 is 21.9 Å². The molecule has 0 saturated carbocycles. The molecule has 0 fully saturated rings. The lowest BCUT2D eigenvalue weighted by Crippen LogP contribution is -2.12. The lowest BCUT2D eigenvalue weighted by Gasteiger charge is -2.14. The molecule has 2 heterocycles. The summed E-state index contributed by atoms with van der Waals surface area (Å²) >= 11 is 1.57. The lowest BCUT2D eigenvalue weighted by atomic mass is 9.97. The molecule has 0 amide bonds. The number of aromatic nitrogens is 3. The first-order valence-electron chi connectivity index (χ1n) is 11.5. The average Bonchev–Trinajstić information content (AvgIpc) is 3.04. The van der Waals surface area contributed by atoms with Crippen LogP contribution in [0.5, 0.6) is 5.75 Å². The van der Waals surface area contributed by atoms with Gasteiger partial charge in [0.05, 0.1) is 11.8 Å². The van der Waals surface area contributed by atoms with E-state index in [-0.39, 0.29) is 0 Å². The molecule has 0 spiro atoms. The summed E-state index contributed by atoms with van der Waals surface area (Å²) in [6, 6.07) is 10.2. The van der Waals surface area contributed by atoms with E-state index in [2.05, 4.69) is 15.5 Å². The van der Waals surface area contributed by atoms with Crippen LogP contribution in [0.1, 0.15) is 30.4 Å². The Hall–Kier alpha value is -2.73. The van der Waals surface area contributed by atoms with E-state index in [4.69, 9.17) is 4.18 Å². The fourth-order valence-corrected chi connectivity index (χ4v) is 5.50. The zero-order valence-corrected chi connectivity index (χ0v) is 21.5. The molecule has 12 heteroatoms. The van der Waals surface area contributed by atoms with Crippen molar-refractivity contribution in [3.05, 3.63) is 53.6 Å². The minimum absolute atomic E-state index is 0.326. The van der Waals surface area contributed by atoms with E-state index in [1.165, 1.54) is 12.1 Å². The zero-order chi connectivity index (χ0) is 25.9. The van der Waals surface area contributed by atoms with Crippen molar-refractivity contribution < 1.29 is 25.8 Å². The van der Waals surface area contributed by atoms with E-state index in [1.807, 2.05) is 13.1 Å². The highest BCUT2D eigenvalue weighted by atomic mass is 32.2. The highest BCUT2D eigenvalue weighted by Crippen LogP contribution is 2.32. The van der Waals surface area contributed by atoms with Gasteiger partial charge in [0.1, 0.15) is 5.75 Å². The van der Waals surface area contributed by atoms with Crippen molar-refractivity contribution in [3.63, 3.8) is 0 Å². The van der Waals surface area contributed by atoms with Gasteiger partial charge in [-0.05, 0) is 67.5 Å². The Labute approximate surface area is 212 Å². The van der Waals surface area contributed by atoms with Crippen LogP contribution in [0.2, 0.25) is 0 Å². The first-order chi connectivity index (χ1) is 17.0. The smallest absolute Gasteiger partial charge is 0.385 e. The molecule has 1 aliphatic rings. The van der Waals surface area contributed by atoms with Crippen molar-refractivity contribution in [3.8, 4) is 17.1 Å². The summed E-state index contributed by atoms with van der Waals surface area (Å²) in [6.45, 7) is 0.839. The Morgan fingerprint density at radius 2 is 1.92 bits per heavy atom. The molecule has 0 saturated heterocycles. The number of rotatable bonds is 8. The van der Waals surface area contributed by atoms with E-state index >= 15 is 0 Å². The highest BCUT2D eigenvalue weighted by Gasteiger charge is 2.30. The van der Waals surface area contributed by atoms with Crippen molar-refractivity contribution >= 4 is 27.6 Å². The van der Waals surface area contributed by atoms with Crippen LogP contribution in [-0.2, 0) is 29.8 Å². The molecular formula is C24H27F3N4O3S2. The molecule has 4 rings (SSSR count). The molecule has 1 aromatic heterocycles. The van der Waals surface area contributed by atoms with Crippen LogP contribution in [0.3, 0.4) is 0 Å². The van der Waals surface area contributed by atoms with E-state index in [0.29, 0.717) is 23.1 Å². The van der Waals surface area contributed by atoms with Crippen LogP contribution >= 0.6 is 11.8 Å². The first-order valence-corrected chi connectivity index (χ1v) is 14.3. The van der Waals surface area contributed by atoms with Crippen molar-refractivity contribution in [2.75, 3.05) is 23.9 Å². The van der Waals surface area contributed by atoms with Crippen molar-refractivity contribution in [2.45, 2.75) is 37.0 Å². The third kappa shape index (κ3) is 6.73. The van der Waals surface area contributed by atoms with Gasteiger partial charge in [-0.3, -0.25) is 0 Å². The highest BCUT2D eigenvalue weighted by molar-refractivity contribution is 7.99. The maximum Gasteiger partial charge on any atom is 0.416 e. The monoisotopic (exact) mass is 540 g/mol. The molecule has 1 N–H and O–H groups in total.